The molecule has 1 saturated heterocycles. The van der Waals surface area contributed by atoms with E-state index in [-0.39, 0.29) is 23.7 Å². The minimum absolute atomic E-state index is 0.0112. The van der Waals surface area contributed by atoms with Crippen molar-refractivity contribution in [2.45, 2.75) is 19.4 Å². The van der Waals surface area contributed by atoms with Gasteiger partial charge in [0.2, 0.25) is 11.8 Å². The number of anilines is 1. The molecule has 2 heterocycles. The Morgan fingerprint density at radius 2 is 1.89 bits per heavy atom. The average molecular weight is 388 g/mol. The van der Waals surface area contributed by atoms with Gasteiger partial charge < -0.3 is 15.0 Å². The zero-order valence-corrected chi connectivity index (χ0v) is 16.0. The Morgan fingerprint density at radius 1 is 1.25 bits per heavy atom. The highest BCUT2D eigenvalue weighted by molar-refractivity contribution is 6.03. The lowest BCUT2D eigenvalue weighted by atomic mass is 9.92. The molecule has 0 saturated carbocycles. The van der Waals surface area contributed by atoms with Crippen LogP contribution in [0.2, 0.25) is 0 Å². The van der Waals surface area contributed by atoms with Crippen molar-refractivity contribution in [1.29, 1.82) is 0 Å². The van der Waals surface area contributed by atoms with Gasteiger partial charge in [0.1, 0.15) is 5.82 Å². The second-order valence-corrected chi connectivity index (χ2v) is 6.73. The molecular formula is C19H21FN4O4. The van der Waals surface area contributed by atoms with Crippen LogP contribution < -0.4 is 5.32 Å². The van der Waals surface area contributed by atoms with Crippen LogP contribution in [0.25, 0.3) is 0 Å². The number of hydrogen-bond acceptors (Lipinski definition) is 5. The van der Waals surface area contributed by atoms with Gasteiger partial charge in [-0.3, -0.25) is 14.3 Å². The van der Waals surface area contributed by atoms with Crippen LogP contribution in [-0.4, -0.2) is 46.6 Å². The van der Waals surface area contributed by atoms with Gasteiger partial charge in [-0.2, -0.15) is 5.10 Å². The molecule has 0 bridgehead atoms. The highest BCUT2D eigenvalue weighted by Crippen LogP contribution is 2.38. The number of aromatic nitrogens is 2. The monoisotopic (exact) mass is 388 g/mol. The van der Waals surface area contributed by atoms with Gasteiger partial charge in [-0.25, -0.2) is 9.18 Å². The van der Waals surface area contributed by atoms with Crippen LogP contribution in [0.5, 0.6) is 0 Å². The minimum atomic E-state index is -0.701. The Labute approximate surface area is 161 Å². The molecule has 2 aromatic rings. The largest absolute Gasteiger partial charge is 0.464 e. The molecule has 1 N–H and O–H groups in total. The number of aryl methyl sites for hydroxylation is 2. The Balaban J connectivity index is 1.92. The van der Waals surface area contributed by atoms with E-state index < -0.39 is 29.7 Å². The predicted octanol–water partition coefficient (Wildman–Crippen LogP) is 1.81. The Morgan fingerprint density at radius 3 is 2.50 bits per heavy atom. The van der Waals surface area contributed by atoms with E-state index in [0.717, 1.165) is 0 Å². The van der Waals surface area contributed by atoms with E-state index in [1.165, 1.54) is 28.8 Å². The summed E-state index contributed by atoms with van der Waals surface area (Å²) < 4.78 is 19.4. The highest BCUT2D eigenvalue weighted by Gasteiger charge is 2.43. The molecule has 1 aromatic carbocycles. The molecule has 28 heavy (non-hydrogen) atoms. The van der Waals surface area contributed by atoms with Crippen molar-refractivity contribution < 1.29 is 23.5 Å². The molecule has 2 atom stereocenters. The first-order chi connectivity index (χ1) is 13.2. The van der Waals surface area contributed by atoms with Gasteiger partial charge in [0.15, 0.2) is 5.69 Å². The molecular weight excluding hydrogens is 367 g/mol. The van der Waals surface area contributed by atoms with Crippen molar-refractivity contribution in [2.24, 2.45) is 13.0 Å². The van der Waals surface area contributed by atoms with Crippen molar-refractivity contribution >= 4 is 23.5 Å². The number of esters is 1. The van der Waals surface area contributed by atoms with Crippen LogP contribution >= 0.6 is 0 Å². The van der Waals surface area contributed by atoms with E-state index in [2.05, 4.69) is 10.4 Å². The molecule has 2 unspecified atom stereocenters. The SMILES string of the molecule is COC(=O)c1c(NC(=O)C2CC(=O)N(C)C2c2ccc(F)cc2)c(C)nn1C. The van der Waals surface area contributed by atoms with E-state index in [0.29, 0.717) is 11.3 Å². The summed E-state index contributed by atoms with van der Waals surface area (Å²) in [5.41, 5.74) is 1.47. The third-order valence-electron chi connectivity index (χ3n) is 4.98. The third kappa shape index (κ3) is 3.35. The number of halogens is 1. The molecule has 1 fully saturated rings. The Hall–Kier alpha value is -3.23. The van der Waals surface area contributed by atoms with E-state index in [1.807, 2.05) is 0 Å². The number of likely N-dealkylation sites (tertiary alicyclic amines) is 1. The number of ether oxygens (including phenoxy) is 1. The number of rotatable bonds is 4. The number of methoxy groups -OCH3 is 1. The van der Waals surface area contributed by atoms with Crippen LogP contribution in [0.3, 0.4) is 0 Å². The number of carbonyl (C=O) groups excluding carboxylic acids is 3. The van der Waals surface area contributed by atoms with Gasteiger partial charge in [-0.05, 0) is 24.6 Å². The molecule has 0 aliphatic carbocycles. The summed E-state index contributed by atoms with van der Waals surface area (Å²) in [5, 5.41) is 6.89. The molecule has 148 valence electrons. The average Bonchev–Trinajstić information content (AvgIpc) is 3.11. The third-order valence-corrected chi connectivity index (χ3v) is 4.98. The van der Waals surface area contributed by atoms with Gasteiger partial charge in [-0.15, -0.1) is 0 Å². The van der Waals surface area contributed by atoms with Gasteiger partial charge >= 0.3 is 5.97 Å². The maximum Gasteiger partial charge on any atom is 0.358 e. The maximum absolute atomic E-state index is 13.3. The fourth-order valence-corrected chi connectivity index (χ4v) is 3.58. The summed E-state index contributed by atoms with van der Waals surface area (Å²) in [6, 6.07) is 5.17. The number of nitrogens with one attached hydrogen (secondary N) is 1. The standard InChI is InChI=1S/C19H21FN4O4/c1-10-15(17(19(27)28-4)24(3)22-10)21-18(26)13-9-14(25)23(2)16(13)11-5-7-12(20)8-6-11/h5-8,13,16H,9H2,1-4H3,(H,21,26). The van der Waals surface area contributed by atoms with E-state index >= 15 is 0 Å². The van der Waals surface area contributed by atoms with Crippen molar-refractivity contribution in [2.75, 3.05) is 19.5 Å². The first kappa shape index (κ1) is 19.5. The van der Waals surface area contributed by atoms with Crippen molar-refractivity contribution in [1.82, 2.24) is 14.7 Å². The van der Waals surface area contributed by atoms with Crippen LogP contribution in [-0.2, 0) is 21.4 Å². The van der Waals surface area contributed by atoms with Gasteiger partial charge in [0.25, 0.3) is 0 Å². The number of hydrogen-bond donors (Lipinski definition) is 1. The van der Waals surface area contributed by atoms with Crippen molar-refractivity contribution in [3.63, 3.8) is 0 Å². The number of amides is 2. The summed E-state index contributed by atoms with van der Waals surface area (Å²) in [7, 11) is 4.42. The first-order valence-electron chi connectivity index (χ1n) is 8.68. The fourth-order valence-electron chi connectivity index (χ4n) is 3.58. The Kier molecular flexibility index (Phi) is 5.17. The molecule has 1 aromatic heterocycles. The van der Waals surface area contributed by atoms with Crippen LogP contribution in [0.1, 0.15) is 34.2 Å². The fraction of sp³-hybridized carbons (Fsp3) is 0.368. The summed E-state index contributed by atoms with van der Waals surface area (Å²) in [5.74, 6) is -2.34. The molecule has 1 aliphatic heterocycles. The molecule has 1 aliphatic rings. The van der Waals surface area contributed by atoms with Crippen molar-refractivity contribution in [3.05, 3.63) is 47.0 Å². The van der Waals surface area contributed by atoms with Gasteiger partial charge in [0, 0.05) is 20.5 Å². The lowest BCUT2D eigenvalue weighted by molar-refractivity contribution is -0.128. The first-order valence-corrected chi connectivity index (χ1v) is 8.68. The normalized spacial score (nSPS) is 19.0. The quantitative estimate of drug-likeness (QED) is 0.807. The van der Waals surface area contributed by atoms with Gasteiger partial charge in [-0.1, -0.05) is 12.1 Å². The zero-order valence-electron chi connectivity index (χ0n) is 16.0. The second kappa shape index (κ2) is 7.41. The predicted molar refractivity (Wildman–Crippen MR) is 97.9 cm³/mol. The number of nitrogens with zero attached hydrogens (tertiary/aromatic N) is 3. The molecule has 8 nitrogen and oxygen atoms in total. The second-order valence-electron chi connectivity index (χ2n) is 6.73. The van der Waals surface area contributed by atoms with E-state index in [9.17, 15) is 18.8 Å². The lowest BCUT2D eigenvalue weighted by Crippen LogP contribution is -2.30. The van der Waals surface area contributed by atoms with Crippen LogP contribution in [0, 0.1) is 18.7 Å². The smallest absolute Gasteiger partial charge is 0.358 e. The summed E-state index contributed by atoms with van der Waals surface area (Å²) in [6.45, 7) is 1.66. The summed E-state index contributed by atoms with van der Waals surface area (Å²) >= 11 is 0. The summed E-state index contributed by atoms with van der Waals surface area (Å²) in [6.07, 6.45) is 0.0112. The topological polar surface area (TPSA) is 93.5 Å². The van der Waals surface area contributed by atoms with Crippen LogP contribution in [0.15, 0.2) is 24.3 Å². The maximum atomic E-state index is 13.3. The van der Waals surface area contributed by atoms with E-state index in [1.54, 1.807) is 33.2 Å². The lowest BCUT2D eigenvalue weighted by Gasteiger charge is -2.25. The molecule has 2 amide bonds. The number of benzene rings is 1. The number of carbonyl (C=O) groups is 3. The summed E-state index contributed by atoms with van der Waals surface area (Å²) in [4.78, 5) is 38.8. The minimum Gasteiger partial charge on any atom is -0.464 e. The molecule has 0 spiro atoms. The molecule has 0 radical (unpaired) electrons. The molecule has 9 heteroatoms. The van der Waals surface area contributed by atoms with Crippen molar-refractivity contribution in [3.8, 4) is 0 Å². The van der Waals surface area contributed by atoms with Crippen LogP contribution in [0.4, 0.5) is 10.1 Å². The molecule has 3 rings (SSSR count). The Bertz CT molecular complexity index is 938. The zero-order chi connectivity index (χ0) is 20.6. The van der Waals surface area contributed by atoms with E-state index in [4.69, 9.17) is 4.74 Å². The highest BCUT2D eigenvalue weighted by atomic mass is 19.1. The van der Waals surface area contributed by atoms with Gasteiger partial charge in [0.05, 0.1) is 30.5 Å².